The van der Waals surface area contributed by atoms with Gasteiger partial charge in [0.15, 0.2) is 0 Å². The van der Waals surface area contributed by atoms with E-state index in [4.69, 9.17) is 43.1 Å². The van der Waals surface area contributed by atoms with Crippen LogP contribution in [-0.2, 0) is 22.4 Å². The van der Waals surface area contributed by atoms with Crippen LogP contribution in [0.4, 0.5) is 5.95 Å². The lowest BCUT2D eigenvalue weighted by Crippen LogP contribution is -2.11. The first-order valence-corrected chi connectivity index (χ1v) is 10.8. The largest absolute Gasteiger partial charge is 0.492 e. The Kier molecular flexibility index (Phi) is 8.63. The highest BCUT2D eigenvalue weighted by Gasteiger charge is 2.09. The molecule has 2 N–H and O–H groups in total. The zero-order valence-corrected chi connectivity index (χ0v) is 18.6. The molecule has 8 heteroatoms. The molecule has 0 saturated heterocycles. The third-order valence-electron chi connectivity index (χ3n) is 4.64. The lowest BCUT2D eigenvalue weighted by molar-refractivity contribution is 0.0501. The molecule has 0 bridgehead atoms. The van der Waals surface area contributed by atoms with Gasteiger partial charge in [-0.25, -0.2) is 4.98 Å². The summed E-state index contributed by atoms with van der Waals surface area (Å²) in [6, 6.07) is 11.5. The van der Waals surface area contributed by atoms with E-state index in [2.05, 4.69) is 23.2 Å². The third-order valence-corrected chi connectivity index (χ3v) is 5.17. The zero-order chi connectivity index (χ0) is 21.3. The van der Waals surface area contributed by atoms with E-state index in [0.717, 1.165) is 23.9 Å². The van der Waals surface area contributed by atoms with E-state index in [-0.39, 0.29) is 0 Å². The fourth-order valence-corrected chi connectivity index (χ4v) is 3.62. The van der Waals surface area contributed by atoms with Crippen LogP contribution < -0.4 is 10.5 Å². The number of halogens is 2. The number of hydrogen-bond acceptors (Lipinski definition) is 5. The highest BCUT2D eigenvalue weighted by atomic mass is 35.5. The molecule has 162 valence electrons. The highest BCUT2D eigenvalue weighted by Crippen LogP contribution is 2.27. The smallest absolute Gasteiger partial charge is 0.201 e. The van der Waals surface area contributed by atoms with Crippen LogP contribution in [0.5, 0.6) is 5.75 Å². The first-order chi connectivity index (χ1) is 14.6. The van der Waals surface area contributed by atoms with Crippen molar-refractivity contribution in [3.63, 3.8) is 0 Å². The second kappa shape index (κ2) is 11.4. The van der Waals surface area contributed by atoms with Gasteiger partial charge in [-0.2, -0.15) is 0 Å². The number of anilines is 1. The average molecular weight is 452 g/mol. The predicted molar refractivity (Wildman–Crippen MR) is 122 cm³/mol. The summed E-state index contributed by atoms with van der Waals surface area (Å²) in [7, 11) is 0. The average Bonchev–Trinajstić information content (AvgIpc) is 3.03. The highest BCUT2D eigenvalue weighted by molar-refractivity contribution is 6.35. The summed E-state index contributed by atoms with van der Waals surface area (Å²) >= 11 is 12.0. The van der Waals surface area contributed by atoms with E-state index >= 15 is 0 Å². The van der Waals surface area contributed by atoms with Crippen LogP contribution in [0.2, 0.25) is 10.0 Å². The van der Waals surface area contributed by atoms with E-state index in [1.165, 1.54) is 5.56 Å². The molecular formula is C22H27Cl2N3O3. The number of nitrogens with two attached hydrogens (primary N) is 1. The normalized spacial score (nSPS) is 11.3. The number of aryl methyl sites for hydroxylation is 1. The van der Waals surface area contributed by atoms with Crippen molar-refractivity contribution in [2.24, 2.45) is 0 Å². The maximum atomic E-state index is 6.13. The van der Waals surface area contributed by atoms with Gasteiger partial charge in [-0.05, 0) is 55.7 Å². The first kappa shape index (κ1) is 22.7. The van der Waals surface area contributed by atoms with Crippen LogP contribution in [0.25, 0.3) is 11.0 Å². The van der Waals surface area contributed by atoms with Crippen molar-refractivity contribution in [3.8, 4) is 5.75 Å². The number of hydrogen-bond donors (Lipinski definition) is 1. The van der Waals surface area contributed by atoms with Gasteiger partial charge in [-0.1, -0.05) is 29.3 Å². The molecule has 0 aliphatic carbocycles. The molecule has 0 amide bonds. The van der Waals surface area contributed by atoms with E-state index in [9.17, 15) is 0 Å². The molecule has 6 nitrogen and oxygen atoms in total. The summed E-state index contributed by atoms with van der Waals surface area (Å²) in [5.41, 5.74) is 9.19. The second-order valence-electron chi connectivity index (χ2n) is 6.78. The summed E-state index contributed by atoms with van der Waals surface area (Å²) in [6.45, 7) is 5.64. The fraction of sp³-hybridized carbons (Fsp3) is 0.409. The number of nitrogens with zero attached hydrogens (tertiary/aromatic N) is 2. The number of ether oxygens (including phenoxy) is 3. The molecule has 0 unspecified atom stereocenters. The van der Waals surface area contributed by atoms with Gasteiger partial charge >= 0.3 is 0 Å². The van der Waals surface area contributed by atoms with Crippen molar-refractivity contribution >= 4 is 40.2 Å². The van der Waals surface area contributed by atoms with Crippen LogP contribution in [0, 0.1) is 0 Å². The monoisotopic (exact) mass is 451 g/mol. The van der Waals surface area contributed by atoms with Crippen molar-refractivity contribution in [1.29, 1.82) is 0 Å². The minimum absolute atomic E-state index is 0.497. The number of imidazole rings is 1. The van der Waals surface area contributed by atoms with Crippen molar-refractivity contribution in [3.05, 3.63) is 52.0 Å². The molecule has 1 heterocycles. The van der Waals surface area contributed by atoms with Crippen molar-refractivity contribution in [1.82, 2.24) is 9.55 Å². The Balaban J connectivity index is 1.50. The third kappa shape index (κ3) is 6.25. The van der Waals surface area contributed by atoms with Crippen LogP contribution >= 0.6 is 23.2 Å². The van der Waals surface area contributed by atoms with Crippen molar-refractivity contribution in [2.75, 3.05) is 38.8 Å². The number of aromatic nitrogens is 2. The van der Waals surface area contributed by atoms with Crippen LogP contribution in [0.1, 0.15) is 18.9 Å². The van der Waals surface area contributed by atoms with E-state index in [1.54, 1.807) is 18.2 Å². The molecular weight excluding hydrogens is 425 g/mol. The molecule has 2 aromatic carbocycles. The molecule has 1 aromatic heterocycles. The molecule has 0 saturated carbocycles. The van der Waals surface area contributed by atoms with Gasteiger partial charge < -0.3 is 24.5 Å². The SMILES string of the molecule is CCOCCOCCn1c(N)nc2cc(CCCOc3ccc(Cl)cc3Cl)ccc21. The van der Waals surface area contributed by atoms with Gasteiger partial charge in [-0.15, -0.1) is 0 Å². The van der Waals surface area contributed by atoms with Gasteiger partial charge in [0.1, 0.15) is 5.75 Å². The lowest BCUT2D eigenvalue weighted by Gasteiger charge is -2.09. The quantitative estimate of drug-likeness (QED) is 0.392. The number of benzene rings is 2. The summed E-state index contributed by atoms with van der Waals surface area (Å²) in [5.74, 6) is 1.14. The van der Waals surface area contributed by atoms with Gasteiger partial charge in [0.2, 0.25) is 5.95 Å². The summed E-state index contributed by atoms with van der Waals surface area (Å²) in [5, 5.41) is 1.11. The first-order valence-electron chi connectivity index (χ1n) is 10.1. The van der Waals surface area contributed by atoms with Gasteiger partial charge in [0.25, 0.3) is 0 Å². The van der Waals surface area contributed by atoms with Gasteiger partial charge in [0, 0.05) is 18.2 Å². The molecule has 0 fully saturated rings. The Hall–Kier alpha value is -1.99. The molecule has 3 rings (SSSR count). The van der Waals surface area contributed by atoms with E-state index in [1.807, 2.05) is 11.5 Å². The van der Waals surface area contributed by atoms with Crippen LogP contribution in [-0.4, -0.2) is 42.6 Å². The Labute approximate surface area is 186 Å². The van der Waals surface area contributed by atoms with Crippen LogP contribution in [0.3, 0.4) is 0 Å². The number of fused-ring (bicyclic) bond motifs is 1. The lowest BCUT2D eigenvalue weighted by atomic mass is 10.1. The van der Waals surface area contributed by atoms with Crippen LogP contribution in [0.15, 0.2) is 36.4 Å². The van der Waals surface area contributed by atoms with Gasteiger partial charge in [0.05, 0.1) is 42.5 Å². The maximum absolute atomic E-state index is 6.13. The zero-order valence-electron chi connectivity index (χ0n) is 17.1. The second-order valence-corrected chi connectivity index (χ2v) is 7.62. The minimum atomic E-state index is 0.497. The fourth-order valence-electron chi connectivity index (χ4n) is 3.16. The van der Waals surface area contributed by atoms with Crippen molar-refractivity contribution in [2.45, 2.75) is 26.3 Å². The summed E-state index contributed by atoms with van der Waals surface area (Å²) in [6.07, 6.45) is 1.72. The minimum Gasteiger partial charge on any atom is -0.492 e. The molecule has 3 aromatic rings. The molecule has 0 atom stereocenters. The van der Waals surface area contributed by atoms with Crippen molar-refractivity contribution < 1.29 is 14.2 Å². The number of nitrogen functional groups attached to an aromatic ring is 1. The molecule has 0 aliphatic heterocycles. The summed E-state index contributed by atoms with van der Waals surface area (Å²) < 4.78 is 18.6. The summed E-state index contributed by atoms with van der Waals surface area (Å²) in [4.78, 5) is 4.50. The van der Waals surface area contributed by atoms with E-state index < -0.39 is 0 Å². The van der Waals surface area contributed by atoms with Gasteiger partial charge in [-0.3, -0.25) is 0 Å². The topological polar surface area (TPSA) is 71.5 Å². The predicted octanol–water partition coefficient (Wildman–Crippen LogP) is 4.99. The Morgan fingerprint density at radius 1 is 1.00 bits per heavy atom. The Morgan fingerprint density at radius 2 is 1.83 bits per heavy atom. The number of rotatable bonds is 12. The molecule has 0 radical (unpaired) electrons. The Bertz CT molecular complexity index is 962. The standard InChI is InChI=1S/C22H27Cl2N3O3/c1-2-28-12-13-29-11-9-27-20-7-5-16(14-19(20)26-22(27)25)4-3-10-30-21-8-6-17(23)15-18(21)24/h5-8,14-15H,2-4,9-13H2,1H3,(H2,25,26). The molecule has 30 heavy (non-hydrogen) atoms. The Morgan fingerprint density at radius 3 is 2.63 bits per heavy atom. The molecule has 0 spiro atoms. The van der Waals surface area contributed by atoms with E-state index in [0.29, 0.717) is 61.3 Å². The maximum Gasteiger partial charge on any atom is 0.201 e. The molecule has 0 aliphatic rings.